The van der Waals surface area contributed by atoms with Crippen LogP contribution >= 0.6 is 11.6 Å². The van der Waals surface area contributed by atoms with E-state index in [2.05, 4.69) is 4.98 Å². The molecule has 0 aliphatic rings. The van der Waals surface area contributed by atoms with Crippen molar-refractivity contribution in [1.29, 1.82) is 0 Å². The molecule has 2 N–H and O–H groups in total. The van der Waals surface area contributed by atoms with Crippen molar-refractivity contribution in [2.45, 2.75) is 6.92 Å². The highest BCUT2D eigenvalue weighted by Crippen LogP contribution is 2.32. The van der Waals surface area contributed by atoms with Gasteiger partial charge in [0.1, 0.15) is 0 Å². The first-order chi connectivity index (χ1) is 8.09. The average Bonchev–Trinajstić information content (AvgIpc) is 2.34. The van der Waals surface area contributed by atoms with Crippen LogP contribution in [0.25, 0.3) is 0 Å². The summed E-state index contributed by atoms with van der Waals surface area (Å²) in [6.45, 7) is 1.96. The number of hydrogen-bond acceptors (Lipinski definition) is 3. The van der Waals surface area contributed by atoms with Crippen LogP contribution < -0.4 is 10.6 Å². The number of pyridine rings is 1. The molecule has 0 atom stereocenters. The van der Waals surface area contributed by atoms with Gasteiger partial charge in [-0.15, -0.1) is 0 Å². The largest absolute Gasteiger partial charge is 0.397 e. The minimum atomic E-state index is 0.659. The van der Waals surface area contributed by atoms with E-state index < -0.39 is 0 Å². The minimum Gasteiger partial charge on any atom is -0.397 e. The molecule has 3 nitrogen and oxygen atoms in total. The number of benzene rings is 1. The number of nitrogens with two attached hydrogens (primary N) is 1. The topological polar surface area (TPSA) is 42.2 Å². The van der Waals surface area contributed by atoms with E-state index in [4.69, 9.17) is 17.3 Å². The molecule has 0 amide bonds. The molecule has 0 saturated heterocycles. The van der Waals surface area contributed by atoms with E-state index >= 15 is 0 Å². The lowest BCUT2D eigenvalue weighted by atomic mass is 10.1. The van der Waals surface area contributed by atoms with Crippen LogP contribution in [0.2, 0.25) is 5.02 Å². The number of aryl methyl sites for hydroxylation is 1. The van der Waals surface area contributed by atoms with Gasteiger partial charge in [-0.25, -0.2) is 0 Å². The Bertz CT molecular complexity index is 526. The number of anilines is 3. The van der Waals surface area contributed by atoms with Crippen LogP contribution in [0.5, 0.6) is 0 Å². The highest BCUT2D eigenvalue weighted by molar-refractivity contribution is 6.31. The number of hydrogen-bond donors (Lipinski definition) is 1. The molecule has 2 aromatic rings. The molecule has 2 rings (SSSR count). The van der Waals surface area contributed by atoms with Crippen molar-refractivity contribution in [3.63, 3.8) is 0 Å². The number of halogens is 1. The van der Waals surface area contributed by atoms with E-state index in [-0.39, 0.29) is 0 Å². The minimum absolute atomic E-state index is 0.659. The molecule has 0 bridgehead atoms. The van der Waals surface area contributed by atoms with E-state index in [0.29, 0.717) is 10.7 Å². The third-order valence-electron chi connectivity index (χ3n) is 2.70. The average molecular weight is 248 g/mol. The van der Waals surface area contributed by atoms with Crippen LogP contribution in [0.3, 0.4) is 0 Å². The third-order valence-corrected chi connectivity index (χ3v) is 3.11. The molecule has 0 radical (unpaired) electrons. The molecular formula is C13H14ClN3. The summed E-state index contributed by atoms with van der Waals surface area (Å²) in [6.07, 6.45) is 3.54. The summed E-state index contributed by atoms with van der Waals surface area (Å²) < 4.78 is 0. The van der Waals surface area contributed by atoms with Gasteiger partial charge < -0.3 is 10.6 Å². The lowest BCUT2D eigenvalue weighted by molar-refractivity contribution is 1.17. The summed E-state index contributed by atoms with van der Waals surface area (Å²) in [4.78, 5) is 6.08. The van der Waals surface area contributed by atoms with Gasteiger partial charge >= 0.3 is 0 Å². The van der Waals surface area contributed by atoms with Crippen LogP contribution in [-0.2, 0) is 0 Å². The highest BCUT2D eigenvalue weighted by Gasteiger charge is 2.09. The maximum Gasteiger partial charge on any atom is 0.0645 e. The molecule has 1 aromatic heterocycles. The smallest absolute Gasteiger partial charge is 0.0645 e. The number of nitrogen functional groups attached to an aromatic ring is 1. The molecule has 4 heteroatoms. The maximum absolute atomic E-state index is 6.03. The van der Waals surface area contributed by atoms with E-state index in [1.54, 1.807) is 18.5 Å². The first-order valence-electron chi connectivity index (χ1n) is 5.29. The Labute approximate surface area is 106 Å². The highest BCUT2D eigenvalue weighted by atomic mass is 35.5. The lowest BCUT2D eigenvalue weighted by Gasteiger charge is -2.21. The van der Waals surface area contributed by atoms with Gasteiger partial charge in [-0.05, 0) is 36.8 Å². The van der Waals surface area contributed by atoms with Crippen LogP contribution in [0.1, 0.15) is 5.56 Å². The standard InChI is InChI=1S/C13H14ClN3/c1-9-6-13(12(15)7-11(9)14)17(2)10-4-3-5-16-8-10/h3-8H,15H2,1-2H3. The van der Waals surface area contributed by atoms with Gasteiger partial charge in [0.15, 0.2) is 0 Å². The van der Waals surface area contributed by atoms with Gasteiger partial charge in [-0.2, -0.15) is 0 Å². The van der Waals surface area contributed by atoms with Gasteiger partial charge in [-0.3, -0.25) is 4.98 Å². The molecule has 0 aliphatic carbocycles. The van der Waals surface area contributed by atoms with Crippen molar-refractivity contribution >= 4 is 28.7 Å². The van der Waals surface area contributed by atoms with Crippen molar-refractivity contribution in [3.05, 3.63) is 47.2 Å². The Morgan fingerprint density at radius 2 is 2.12 bits per heavy atom. The second-order valence-corrected chi connectivity index (χ2v) is 4.34. The number of rotatable bonds is 2. The molecule has 0 spiro atoms. The van der Waals surface area contributed by atoms with Crippen molar-refractivity contribution in [3.8, 4) is 0 Å². The van der Waals surface area contributed by atoms with Gasteiger partial charge in [0.2, 0.25) is 0 Å². The molecule has 0 fully saturated rings. The fourth-order valence-electron chi connectivity index (χ4n) is 1.66. The predicted molar refractivity (Wildman–Crippen MR) is 72.9 cm³/mol. The molecule has 1 heterocycles. The van der Waals surface area contributed by atoms with Crippen LogP contribution in [0.15, 0.2) is 36.7 Å². The second-order valence-electron chi connectivity index (χ2n) is 3.93. The van der Waals surface area contributed by atoms with E-state index in [0.717, 1.165) is 16.9 Å². The molecular weight excluding hydrogens is 234 g/mol. The summed E-state index contributed by atoms with van der Waals surface area (Å²) in [6, 6.07) is 7.63. The predicted octanol–water partition coefficient (Wildman–Crippen LogP) is 3.39. The first kappa shape index (κ1) is 11.7. The third kappa shape index (κ3) is 2.34. The van der Waals surface area contributed by atoms with Gasteiger partial charge in [-0.1, -0.05) is 11.6 Å². The number of nitrogens with zero attached hydrogens (tertiary/aromatic N) is 2. The summed E-state index contributed by atoms with van der Waals surface area (Å²) in [5, 5.41) is 0.686. The van der Waals surface area contributed by atoms with Crippen molar-refractivity contribution < 1.29 is 0 Å². The molecule has 0 saturated carbocycles. The number of aromatic nitrogens is 1. The second kappa shape index (κ2) is 4.63. The Kier molecular flexibility index (Phi) is 3.20. The van der Waals surface area contributed by atoms with E-state index in [9.17, 15) is 0 Å². The Morgan fingerprint density at radius 1 is 1.35 bits per heavy atom. The molecule has 17 heavy (non-hydrogen) atoms. The zero-order chi connectivity index (χ0) is 12.4. The monoisotopic (exact) mass is 247 g/mol. The fraction of sp³-hybridized carbons (Fsp3) is 0.154. The summed E-state index contributed by atoms with van der Waals surface area (Å²) >= 11 is 6.03. The zero-order valence-electron chi connectivity index (χ0n) is 9.81. The zero-order valence-corrected chi connectivity index (χ0v) is 10.6. The molecule has 1 aromatic carbocycles. The first-order valence-corrected chi connectivity index (χ1v) is 5.67. The molecule has 0 aliphatic heterocycles. The van der Waals surface area contributed by atoms with Crippen molar-refractivity contribution in [2.24, 2.45) is 0 Å². The van der Waals surface area contributed by atoms with Gasteiger partial charge in [0.05, 0.1) is 23.3 Å². The van der Waals surface area contributed by atoms with Gasteiger partial charge in [0.25, 0.3) is 0 Å². The van der Waals surface area contributed by atoms with Crippen LogP contribution in [0.4, 0.5) is 17.1 Å². The summed E-state index contributed by atoms with van der Waals surface area (Å²) in [7, 11) is 1.95. The Hall–Kier alpha value is -1.74. The summed E-state index contributed by atoms with van der Waals surface area (Å²) in [5.41, 5.74) is 9.56. The van der Waals surface area contributed by atoms with Crippen LogP contribution in [-0.4, -0.2) is 12.0 Å². The van der Waals surface area contributed by atoms with Crippen LogP contribution in [0, 0.1) is 6.92 Å². The van der Waals surface area contributed by atoms with Gasteiger partial charge in [0, 0.05) is 18.3 Å². The lowest BCUT2D eigenvalue weighted by Crippen LogP contribution is -2.12. The SMILES string of the molecule is Cc1cc(N(C)c2cccnc2)c(N)cc1Cl. The Morgan fingerprint density at radius 3 is 2.76 bits per heavy atom. The van der Waals surface area contributed by atoms with Crippen molar-refractivity contribution in [2.75, 3.05) is 17.7 Å². The normalized spacial score (nSPS) is 10.3. The van der Waals surface area contributed by atoms with E-state index in [1.165, 1.54) is 0 Å². The molecule has 88 valence electrons. The Balaban J connectivity index is 2.44. The van der Waals surface area contributed by atoms with E-state index in [1.807, 2.05) is 37.1 Å². The fourth-order valence-corrected chi connectivity index (χ4v) is 1.84. The maximum atomic E-state index is 6.03. The summed E-state index contributed by atoms with van der Waals surface area (Å²) in [5.74, 6) is 0. The van der Waals surface area contributed by atoms with Crippen molar-refractivity contribution in [1.82, 2.24) is 4.98 Å². The quantitative estimate of drug-likeness (QED) is 0.827. The molecule has 0 unspecified atom stereocenters.